The van der Waals surface area contributed by atoms with Gasteiger partial charge in [0.05, 0.1) is 17.1 Å². The number of phenolic OH excluding ortho intramolecular Hbond substituents is 3. The molecule has 1 aromatic heterocycles. The number of esters is 1. The number of aromatic hydroxyl groups is 3. The van der Waals surface area contributed by atoms with Crippen molar-refractivity contribution in [2.45, 2.75) is 21.9 Å². The molecule has 6 N–H and O–H groups in total. The van der Waals surface area contributed by atoms with Crippen LogP contribution in [-0.2, 0) is 24.7 Å². The smallest absolute Gasteiger partial charge is 0.352 e. The fourth-order valence-electron chi connectivity index (χ4n) is 7.51. The molecule has 59 heavy (non-hydrogen) atoms. The molecule has 2 atom stereocenters. The van der Waals surface area contributed by atoms with Gasteiger partial charge in [-0.1, -0.05) is 17.7 Å². The number of rotatable bonds is 8. The van der Waals surface area contributed by atoms with E-state index in [2.05, 4.69) is 10.6 Å². The molecular formula is C40H26ClN3O13S2. The fourth-order valence-corrected chi connectivity index (χ4v) is 10.1. The molecule has 16 nitrogen and oxygen atoms in total. The third-order valence-corrected chi connectivity index (χ3v) is 12.9. The molecule has 0 radical (unpaired) electrons. The van der Waals surface area contributed by atoms with Crippen molar-refractivity contribution >= 4 is 75.8 Å². The van der Waals surface area contributed by atoms with Gasteiger partial charge in [0.2, 0.25) is 5.91 Å². The van der Waals surface area contributed by atoms with Crippen molar-refractivity contribution in [2.24, 2.45) is 0 Å². The minimum atomic E-state index is -1.45. The van der Waals surface area contributed by atoms with Crippen LogP contribution in [0.15, 0.2) is 98.2 Å². The van der Waals surface area contributed by atoms with Crippen LogP contribution in [0.3, 0.4) is 0 Å². The van der Waals surface area contributed by atoms with Gasteiger partial charge in [-0.2, -0.15) is 0 Å². The zero-order chi connectivity index (χ0) is 41.5. The molecule has 4 aliphatic heterocycles. The van der Waals surface area contributed by atoms with Crippen LogP contribution >= 0.6 is 35.1 Å². The van der Waals surface area contributed by atoms with Gasteiger partial charge in [0.1, 0.15) is 57.0 Å². The summed E-state index contributed by atoms with van der Waals surface area (Å²) >= 11 is 8.41. The monoisotopic (exact) mass is 855 g/mol. The largest absolute Gasteiger partial charge is 0.508 e. The second-order valence-corrected chi connectivity index (χ2v) is 16.3. The van der Waals surface area contributed by atoms with Crippen LogP contribution in [0.2, 0.25) is 5.02 Å². The molecule has 5 heterocycles. The van der Waals surface area contributed by atoms with E-state index in [9.17, 15) is 49.2 Å². The molecule has 9 rings (SSSR count). The maximum absolute atomic E-state index is 13.6. The van der Waals surface area contributed by atoms with Gasteiger partial charge < -0.3 is 45.0 Å². The summed E-state index contributed by atoms with van der Waals surface area (Å²) in [6, 6.07) is 16.6. The first kappa shape index (κ1) is 37.9. The molecule has 1 spiro atoms. The number of thioether (sulfide) groups is 2. The van der Waals surface area contributed by atoms with E-state index in [-0.39, 0.29) is 67.5 Å². The topological polar surface area (TPSA) is 242 Å². The Bertz CT molecular complexity index is 2790. The third-order valence-electron chi connectivity index (χ3n) is 10.2. The van der Waals surface area contributed by atoms with Crippen molar-refractivity contribution in [2.75, 3.05) is 18.1 Å². The van der Waals surface area contributed by atoms with Crippen molar-refractivity contribution in [1.82, 2.24) is 15.5 Å². The Hall–Kier alpha value is -6.63. The molecule has 2 unspecified atom stereocenters. The molecular weight excluding hydrogens is 830 g/mol. The van der Waals surface area contributed by atoms with Gasteiger partial charge in [0, 0.05) is 56.7 Å². The number of carboxylic acid groups (broad SMARTS) is 1. The van der Waals surface area contributed by atoms with Gasteiger partial charge in [-0.05, 0) is 54.1 Å². The Morgan fingerprint density at radius 1 is 0.915 bits per heavy atom. The van der Waals surface area contributed by atoms with Crippen molar-refractivity contribution < 1.29 is 58.3 Å². The number of amides is 3. The highest BCUT2D eigenvalue weighted by Gasteiger charge is 2.55. The summed E-state index contributed by atoms with van der Waals surface area (Å²) in [7, 11) is 0. The maximum atomic E-state index is 13.6. The molecule has 0 aliphatic carbocycles. The first-order valence-electron chi connectivity index (χ1n) is 17.5. The molecule has 1 saturated heterocycles. The van der Waals surface area contributed by atoms with Crippen LogP contribution in [0.1, 0.15) is 37.4 Å². The number of phenols is 3. The van der Waals surface area contributed by atoms with E-state index in [0.29, 0.717) is 27.2 Å². The van der Waals surface area contributed by atoms with Crippen molar-refractivity contribution in [1.29, 1.82) is 0 Å². The number of benzene rings is 4. The molecule has 1 fully saturated rings. The minimum Gasteiger partial charge on any atom is -0.508 e. The number of carboxylic acids is 1. The van der Waals surface area contributed by atoms with Crippen LogP contribution in [0.4, 0.5) is 0 Å². The number of nitrogens with zero attached hydrogens (tertiary/aromatic N) is 1. The second-order valence-electron chi connectivity index (χ2n) is 13.7. The molecule has 5 aromatic rings. The van der Waals surface area contributed by atoms with E-state index in [1.54, 1.807) is 30.3 Å². The predicted octanol–water partition coefficient (Wildman–Crippen LogP) is 4.39. The van der Waals surface area contributed by atoms with Gasteiger partial charge in [-0.25, -0.2) is 14.4 Å². The lowest BCUT2D eigenvalue weighted by Crippen LogP contribution is -2.71. The first-order chi connectivity index (χ1) is 28.2. The molecule has 0 bridgehead atoms. The van der Waals surface area contributed by atoms with Crippen molar-refractivity contribution in [3.63, 3.8) is 0 Å². The van der Waals surface area contributed by atoms with Gasteiger partial charge in [-0.15, -0.1) is 23.5 Å². The highest BCUT2D eigenvalue weighted by atomic mass is 35.5. The lowest BCUT2D eigenvalue weighted by molar-refractivity contribution is -0.150. The van der Waals surface area contributed by atoms with E-state index < -0.39 is 64.4 Å². The first-order valence-corrected chi connectivity index (χ1v) is 19.9. The molecule has 3 amide bonds. The lowest BCUT2D eigenvalue weighted by Gasteiger charge is -2.49. The Morgan fingerprint density at radius 3 is 2.31 bits per heavy atom. The van der Waals surface area contributed by atoms with Gasteiger partial charge in [0.15, 0.2) is 5.60 Å². The number of hydrogen-bond donors (Lipinski definition) is 6. The standard InChI is InChI=1S/C40H26ClN3O13S2/c41-26-8-16-7-22(38(53)56-28(16)12-27(26)47)34(49)42-13-31(48)43-32-35(50)44-33(37(51)52)17(15-59-36(32)44)14-58-20-3-6-23-21(11-20)39(54)57-40(23)24-4-1-18(45)9-29(24)55-30-10-19(46)2-5-25(30)40/h1-12,32,36,45-47H,13-15H2,(H,42,49)(H,43,48)(H,51,52). The maximum Gasteiger partial charge on any atom is 0.352 e. The summed E-state index contributed by atoms with van der Waals surface area (Å²) < 4.78 is 17.2. The zero-order valence-electron chi connectivity index (χ0n) is 29.8. The number of ether oxygens (including phenoxy) is 2. The van der Waals surface area contributed by atoms with Crippen molar-refractivity contribution in [3.05, 3.63) is 127 Å². The minimum absolute atomic E-state index is 0.00922. The van der Waals surface area contributed by atoms with Gasteiger partial charge in [0.25, 0.3) is 11.8 Å². The second kappa shape index (κ2) is 14.0. The highest BCUT2D eigenvalue weighted by molar-refractivity contribution is 8.01. The Labute approximate surface area is 344 Å². The third kappa shape index (κ3) is 6.18. The van der Waals surface area contributed by atoms with E-state index in [0.717, 1.165) is 11.0 Å². The number of halogens is 1. The Morgan fingerprint density at radius 2 is 1.61 bits per heavy atom. The normalized spacial score (nSPS) is 18.2. The van der Waals surface area contributed by atoms with Crippen molar-refractivity contribution in [3.8, 4) is 28.7 Å². The number of hydrogen-bond acceptors (Lipinski definition) is 14. The summed E-state index contributed by atoms with van der Waals surface area (Å²) in [6.07, 6.45) is 0. The number of aliphatic carboxylic acids is 1. The molecule has 4 aromatic carbocycles. The average Bonchev–Trinajstić information content (AvgIpc) is 3.48. The summed E-state index contributed by atoms with van der Waals surface area (Å²) in [5.41, 5.74) is -1.00. The molecule has 0 saturated carbocycles. The van der Waals surface area contributed by atoms with Crippen LogP contribution in [0.5, 0.6) is 28.7 Å². The molecule has 298 valence electrons. The van der Waals surface area contributed by atoms with Crippen LogP contribution < -0.4 is 21.0 Å². The van der Waals surface area contributed by atoms with Crippen LogP contribution in [0, 0.1) is 0 Å². The number of nitrogens with one attached hydrogen (secondary N) is 2. The summed E-state index contributed by atoms with van der Waals surface area (Å²) in [5, 5.41) is 44.6. The van der Waals surface area contributed by atoms with Crippen LogP contribution in [0.25, 0.3) is 11.0 Å². The Balaban J connectivity index is 0.885. The fraction of sp³-hybridized carbons (Fsp3) is 0.150. The van der Waals surface area contributed by atoms with Crippen LogP contribution in [-0.4, -0.2) is 84.5 Å². The number of carbonyl (C=O) groups is 5. The SMILES string of the molecule is O=C(CNC(=O)c1cc2cc(Cl)c(O)cc2oc1=O)NC1C(=O)N2C(C(=O)O)=C(CSc3ccc4c(c3)C(=O)OC43c4ccc(O)cc4Oc4cc(O)ccc43)CSC12. The summed E-state index contributed by atoms with van der Waals surface area (Å²) in [6.45, 7) is -0.618. The average molecular weight is 856 g/mol. The quantitative estimate of drug-likeness (QED) is 0.0549. The number of β-lactam (4-membered cyclic amide) rings is 1. The molecule has 19 heteroatoms. The summed E-state index contributed by atoms with van der Waals surface area (Å²) in [5.74, 6) is -3.99. The van der Waals surface area contributed by atoms with Gasteiger partial charge >= 0.3 is 17.6 Å². The van der Waals surface area contributed by atoms with Gasteiger partial charge in [-0.3, -0.25) is 19.3 Å². The lowest BCUT2D eigenvalue weighted by atomic mass is 9.77. The Kier molecular flexibility index (Phi) is 9.02. The number of carbonyl (C=O) groups excluding carboxylic acids is 4. The number of fused-ring (bicyclic) bond motifs is 8. The van der Waals surface area contributed by atoms with E-state index in [1.165, 1.54) is 59.9 Å². The molecule has 4 aliphatic rings. The summed E-state index contributed by atoms with van der Waals surface area (Å²) in [4.78, 5) is 79.1. The highest BCUT2D eigenvalue weighted by Crippen LogP contribution is 2.57. The predicted molar refractivity (Wildman–Crippen MR) is 210 cm³/mol. The van der Waals surface area contributed by atoms with E-state index >= 15 is 0 Å². The van der Waals surface area contributed by atoms with E-state index in [1.807, 2.05) is 0 Å². The van der Waals surface area contributed by atoms with E-state index in [4.69, 9.17) is 25.5 Å². The zero-order valence-corrected chi connectivity index (χ0v) is 32.2.